The van der Waals surface area contributed by atoms with Crippen LogP contribution in [-0.4, -0.2) is 32.4 Å². The summed E-state index contributed by atoms with van der Waals surface area (Å²) < 4.78 is 24.2. The highest BCUT2D eigenvalue weighted by Crippen LogP contribution is 2.15. The van der Waals surface area contributed by atoms with E-state index in [1.54, 1.807) is 18.2 Å². The molecule has 1 aromatic carbocycles. The van der Waals surface area contributed by atoms with Crippen molar-refractivity contribution in [2.75, 3.05) is 26.4 Å². The normalized spacial score (nSPS) is 18.9. The summed E-state index contributed by atoms with van der Waals surface area (Å²) in [6.07, 6.45) is 5.75. The highest BCUT2D eigenvalue weighted by molar-refractivity contribution is 5.23. The third-order valence-corrected chi connectivity index (χ3v) is 3.55. The number of piperidine rings is 1. The van der Waals surface area contributed by atoms with Crippen molar-refractivity contribution in [3.8, 4) is 5.75 Å². The van der Waals surface area contributed by atoms with Crippen molar-refractivity contribution in [3.63, 3.8) is 0 Å². The van der Waals surface area contributed by atoms with Gasteiger partial charge in [-0.25, -0.2) is 4.39 Å². The van der Waals surface area contributed by atoms with Crippen molar-refractivity contribution < 1.29 is 13.9 Å². The van der Waals surface area contributed by atoms with Crippen LogP contribution in [0.4, 0.5) is 4.39 Å². The standard InChI is InChI=1S/C16H24FNO2/c17-15-7-1-2-8-16(15)20-12-5-11-19-13-9-14-6-3-4-10-18-14/h1-2,7-8,14,18H,3-6,9-13H2. The Morgan fingerprint density at radius 1 is 1.15 bits per heavy atom. The number of hydrogen-bond donors (Lipinski definition) is 1. The van der Waals surface area contributed by atoms with Crippen LogP contribution in [0.2, 0.25) is 0 Å². The quantitative estimate of drug-likeness (QED) is 0.743. The Morgan fingerprint density at radius 3 is 2.85 bits per heavy atom. The summed E-state index contributed by atoms with van der Waals surface area (Å²) in [6.45, 7) is 3.09. The van der Waals surface area contributed by atoms with Crippen LogP contribution in [0, 0.1) is 5.82 Å². The van der Waals surface area contributed by atoms with E-state index >= 15 is 0 Å². The Kier molecular flexibility index (Phi) is 6.81. The molecule has 1 fully saturated rings. The average molecular weight is 281 g/mol. The average Bonchev–Trinajstić information content (AvgIpc) is 2.49. The number of ether oxygens (including phenoxy) is 2. The third-order valence-electron chi connectivity index (χ3n) is 3.55. The molecule has 0 aromatic heterocycles. The van der Waals surface area contributed by atoms with Gasteiger partial charge in [-0.1, -0.05) is 18.6 Å². The second-order valence-corrected chi connectivity index (χ2v) is 5.18. The summed E-state index contributed by atoms with van der Waals surface area (Å²) in [5.41, 5.74) is 0. The summed E-state index contributed by atoms with van der Waals surface area (Å²) in [7, 11) is 0. The molecule has 2 rings (SSSR count). The van der Waals surface area contributed by atoms with Gasteiger partial charge in [0.2, 0.25) is 0 Å². The fourth-order valence-electron chi connectivity index (χ4n) is 2.40. The molecule has 1 saturated heterocycles. The van der Waals surface area contributed by atoms with Crippen LogP contribution in [0.15, 0.2) is 24.3 Å². The third kappa shape index (κ3) is 5.47. The lowest BCUT2D eigenvalue weighted by Crippen LogP contribution is -2.34. The molecule has 0 spiro atoms. The van der Waals surface area contributed by atoms with Crippen molar-refractivity contribution in [1.29, 1.82) is 0 Å². The Bertz CT molecular complexity index is 380. The van der Waals surface area contributed by atoms with Crippen molar-refractivity contribution in [1.82, 2.24) is 5.32 Å². The van der Waals surface area contributed by atoms with E-state index in [0.717, 1.165) is 26.0 Å². The summed E-state index contributed by atoms with van der Waals surface area (Å²) in [4.78, 5) is 0. The maximum atomic E-state index is 13.3. The molecule has 0 saturated carbocycles. The van der Waals surface area contributed by atoms with Crippen LogP contribution in [0.25, 0.3) is 0 Å². The number of benzene rings is 1. The van der Waals surface area contributed by atoms with Gasteiger partial charge in [-0.3, -0.25) is 0 Å². The Hall–Kier alpha value is -1.13. The lowest BCUT2D eigenvalue weighted by Gasteiger charge is -2.23. The van der Waals surface area contributed by atoms with Crippen LogP contribution >= 0.6 is 0 Å². The molecule has 1 aliphatic heterocycles. The molecule has 4 heteroatoms. The number of rotatable bonds is 8. The van der Waals surface area contributed by atoms with Crippen LogP contribution in [0.5, 0.6) is 5.75 Å². The molecule has 0 aliphatic carbocycles. The predicted octanol–water partition coefficient (Wildman–Crippen LogP) is 3.14. The number of hydrogen-bond acceptors (Lipinski definition) is 3. The van der Waals surface area contributed by atoms with Crippen molar-refractivity contribution in [3.05, 3.63) is 30.1 Å². The molecule has 20 heavy (non-hydrogen) atoms. The Labute approximate surface area is 120 Å². The number of halogens is 1. The minimum atomic E-state index is -0.309. The van der Waals surface area contributed by atoms with Crippen molar-refractivity contribution in [2.24, 2.45) is 0 Å². The molecule has 1 N–H and O–H groups in total. The molecular weight excluding hydrogens is 257 g/mol. The maximum Gasteiger partial charge on any atom is 0.165 e. The van der Waals surface area contributed by atoms with E-state index in [1.165, 1.54) is 25.3 Å². The molecule has 112 valence electrons. The minimum Gasteiger partial charge on any atom is -0.490 e. The van der Waals surface area contributed by atoms with Crippen LogP contribution in [-0.2, 0) is 4.74 Å². The largest absolute Gasteiger partial charge is 0.490 e. The van der Waals surface area contributed by atoms with E-state index in [2.05, 4.69) is 5.32 Å². The monoisotopic (exact) mass is 281 g/mol. The first-order valence-corrected chi connectivity index (χ1v) is 7.55. The van der Waals surface area contributed by atoms with E-state index in [-0.39, 0.29) is 5.82 Å². The highest BCUT2D eigenvalue weighted by Gasteiger charge is 2.11. The van der Waals surface area contributed by atoms with E-state index < -0.39 is 0 Å². The van der Waals surface area contributed by atoms with Gasteiger partial charge in [0.05, 0.1) is 6.61 Å². The van der Waals surface area contributed by atoms with Gasteiger partial charge in [0.1, 0.15) is 0 Å². The zero-order valence-electron chi connectivity index (χ0n) is 11.9. The number of para-hydroxylation sites is 1. The molecule has 0 radical (unpaired) electrons. The van der Waals surface area contributed by atoms with Gasteiger partial charge < -0.3 is 14.8 Å². The van der Waals surface area contributed by atoms with Crippen LogP contribution in [0.1, 0.15) is 32.1 Å². The summed E-state index contributed by atoms with van der Waals surface area (Å²) in [5.74, 6) is 0.00990. The van der Waals surface area contributed by atoms with Gasteiger partial charge in [0, 0.05) is 25.7 Å². The fraction of sp³-hybridized carbons (Fsp3) is 0.625. The van der Waals surface area contributed by atoms with Gasteiger partial charge in [-0.15, -0.1) is 0 Å². The van der Waals surface area contributed by atoms with E-state index in [0.29, 0.717) is 25.0 Å². The van der Waals surface area contributed by atoms with Gasteiger partial charge in [-0.05, 0) is 37.9 Å². The van der Waals surface area contributed by atoms with E-state index in [4.69, 9.17) is 9.47 Å². The summed E-state index contributed by atoms with van der Waals surface area (Å²) in [5, 5.41) is 3.50. The molecule has 1 unspecified atom stereocenters. The molecule has 0 amide bonds. The van der Waals surface area contributed by atoms with Crippen molar-refractivity contribution in [2.45, 2.75) is 38.1 Å². The predicted molar refractivity (Wildman–Crippen MR) is 77.6 cm³/mol. The summed E-state index contributed by atoms with van der Waals surface area (Å²) >= 11 is 0. The first-order chi connectivity index (χ1) is 9.86. The van der Waals surface area contributed by atoms with E-state index in [1.807, 2.05) is 0 Å². The first-order valence-electron chi connectivity index (χ1n) is 7.55. The zero-order chi connectivity index (χ0) is 14.0. The lowest BCUT2D eigenvalue weighted by atomic mass is 10.0. The smallest absolute Gasteiger partial charge is 0.165 e. The zero-order valence-corrected chi connectivity index (χ0v) is 11.9. The molecule has 3 nitrogen and oxygen atoms in total. The second kappa shape index (κ2) is 8.93. The Balaban J connectivity index is 1.46. The lowest BCUT2D eigenvalue weighted by molar-refractivity contribution is 0.108. The SMILES string of the molecule is Fc1ccccc1OCCCOCCC1CCCCN1. The van der Waals surface area contributed by atoms with Gasteiger partial charge >= 0.3 is 0 Å². The summed E-state index contributed by atoms with van der Waals surface area (Å²) in [6, 6.07) is 7.10. The Morgan fingerprint density at radius 2 is 2.05 bits per heavy atom. The van der Waals surface area contributed by atoms with E-state index in [9.17, 15) is 4.39 Å². The van der Waals surface area contributed by atoms with Gasteiger partial charge in [0.15, 0.2) is 11.6 Å². The molecule has 1 atom stereocenters. The molecule has 0 bridgehead atoms. The number of nitrogens with one attached hydrogen (secondary N) is 1. The molecule has 1 heterocycles. The topological polar surface area (TPSA) is 30.5 Å². The highest BCUT2D eigenvalue weighted by atomic mass is 19.1. The molecular formula is C16H24FNO2. The molecule has 1 aliphatic rings. The molecule has 1 aromatic rings. The van der Waals surface area contributed by atoms with Crippen molar-refractivity contribution >= 4 is 0 Å². The second-order valence-electron chi connectivity index (χ2n) is 5.18. The fourth-order valence-corrected chi connectivity index (χ4v) is 2.40. The van der Waals surface area contributed by atoms with Gasteiger partial charge in [-0.2, -0.15) is 0 Å². The minimum absolute atomic E-state index is 0.309. The van der Waals surface area contributed by atoms with Crippen LogP contribution in [0.3, 0.4) is 0 Å². The first kappa shape index (κ1) is 15.3. The maximum absolute atomic E-state index is 13.3. The van der Waals surface area contributed by atoms with Crippen LogP contribution < -0.4 is 10.1 Å². The van der Waals surface area contributed by atoms with Gasteiger partial charge in [0.25, 0.3) is 0 Å².